The molecule has 2 N–H and O–H groups in total. The van der Waals surface area contributed by atoms with Gasteiger partial charge in [0, 0.05) is 4.75 Å². The lowest BCUT2D eigenvalue weighted by Gasteiger charge is -2.43. The second-order valence-electron chi connectivity index (χ2n) is 10.7. The van der Waals surface area contributed by atoms with Crippen molar-refractivity contribution in [3.63, 3.8) is 0 Å². The summed E-state index contributed by atoms with van der Waals surface area (Å²) in [6.07, 6.45) is 0. The Morgan fingerprint density at radius 1 is 1.05 bits per heavy atom. The smallest absolute Gasteiger partial charge is 0.328 e. The molecule has 2 fully saturated rings. The van der Waals surface area contributed by atoms with Crippen LogP contribution in [0.25, 0.3) is 0 Å². The molecule has 0 aromatic heterocycles. The fourth-order valence-electron chi connectivity index (χ4n) is 5.17. The summed E-state index contributed by atoms with van der Waals surface area (Å²) in [5, 5.41) is 11.8. The molecule has 2 aromatic rings. The lowest BCUT2D eigenvalue weighted by Crippen LogP contribution is -2.71. The SMILES string of the molecule is CCN(CC)CC.Cc1ccc(OC(=O)C(C(=O)NC2C(=O)N3C(C(=O)O)C(C)(C)S[C@@H]23)c2ccccc2)c(C)c1. The molecule has 2 aliphatic rings. The van der Waals surface area contributed by atoms with Gasteiger partial charge >= 0.3 is 11.9 Å². The van der Waals surface area contributed by atoms with E-state index in [2.05, 4.69) is 31.0 Å². The average Bonchev–Trinajstić information content (AvgIpc) is 3.19. The van der Waals surface area contributed by atoms with Crippen molar-refractivity contribution in [1.82, 2.24) is 15.1 Å². The number of hydrogen-bond acceptors (Lipinski definition) is 7. The normalized spacial score (nSPS) is 21.2. The summed E-state index contributed by atoms with van der Waals surface area (Å²) in [7, 11) is 0. The van der Waals surface area contributed by atoms with Gasteiger partial charge in [-0.2, -0.15) is 0 Å². The molecule has 222 valence electrons. The fraction of sp³-hybridized carbons (Fsp3) is 0.484. The van der Waals surface area contributed by atoms with Crippen molar-refractivity contribution < 1.29 is 29.0 Å². The van der Waals surface area contributed by atoms with E-state index in [1.54, 1.807) is 50.2 Å². The molecule has 0 saturated carbocycles. The lowest BCUT2D eigenvalue weighted by molar-refractivity contribution is -0.161. The molecule has 2 saturated heterocycles. The van der Waals surface area contributed by atoms with Gasteiger partial charge in [-0.15, -0.1) is 11.8 Å². The minimum atomic E-state index is -1.29. The maximum atomic E-state index is 13.3. The van der Waals surface area contributed by atoms with Crippen molar-refractivity contribution in [3.05, 3.63) is 65.2 Å². The molecule has 0 bridgehead atoms. The van der Waals surface area contributed by atoms with E-state index in [9.17, 15) is 24.3 Å². The number of ether oxygens (including phenoxy) is 1. The van der Waals surface area contributed by atoms with Crippen LogP contribution in [0.4, 0.5) is 0 Å². The Morgan fingerprint density at radius 2 is 1.66 bits per heavy atom. The molecule has 4 atom stereocenters. The first kappa shape index (κ1) is 32.1. The molecule has 10 heteroatoms. The van der Waals surface area contributed by atoms with Crippen LogP contribution in [0.3, 0.4) is 0 Å². The number of β-lactam (4-membered cyclic amide) rings is 1. The van der Waals surface area contributed by atoms with E-state index in [4.69, 9.17) is 4.74 Å². The van der Waals surface area contributed by atoms with Crippen molar-refractivity contribution >= 4 is 35.5 Å². The zero-order chi connectivity index (χ0) is 30.5. The molecular formula is C31H41N3O6S. The number of fused-ring (bicyclic) bond motifs is 1. The zero-order valence-corrected chi connectivity index (χ0v) is 25.7. The monoisotopic (exact) mass is 583 g/mol. The number of carboxylic acid groups (broad SMARTS) is 1. The molecule has 0 radical (unpaired) electrons. The quantitative estimate of drug-likeness (QED) is 0.197. The highest BCUT2D eigenvalue weighted by Gasteiger charge is 2.64. The maximum absolute atomic E-state index is 13.3. The first-order chi connectivity index (χ1) is 19.4. The summed E-state index contributed by atoms with van der Waals surface area (Å²) >= 11 is 1.32. The number of hydrogen-bond donors (Lipinski definition) is 2. The second-order valence-corrected chi connectivity index (χ2v) is 12.5. The average molecular weight is 584 g/mol. The van der Waals surface area contributed by atoms with Crippen molar-refractivity contribution in [1.29, 1.82) is 0 Å². The summed E-state index contributed by atoms with van der Waals surface area (Å²) in [6.45, 7) is 17.4. The molecule has 4 rings (SSSR count). The van der Waals surface area contributed by atoms with Crippen LogP contribution in [0, 0.1) is 13.8 Å². The lowest BCUT2D eigenvalue weighted by atomic mass is 9.94. The Balaban J connectivity index is 0.000000587. The molecule has 2 heterocycles. The number of carboxylic acids is 1. The molecular weight excluding hydrogens is 542 g/mol. The van der Waals surface area contributed by atoms with Crippen LogP contribution in [-0.4, -0.2) is 80.5 Å². The summed E-state index contributed by atoms with van der Waals surface area (Å²) in [4.78, 5) is 54.7. The number of benzene rings is 2. The third-order valence-electron chi connectivity index (χ3n) is 7.49. The number of thioether (sulfide) groups is 1. The highest BCUT2D eigenvalue weighted by molar-refractivity contribution is 8.01. The Kier molecular flexibility index (Phi) is 10.6. The number of rotatable bonds is 9. The molecule has 3 unspecified atom stereocenters. The number of aliphatic carboxylic acids is 1. The Bertz CT molecular complexity index is 1260. The Morgan fingerprint density at radius 3 is 2.17 bits per heavy atom. The number of carbonyl (C=O) groups is 4. The van der Waals surface area contributed by atoms with Crippen molar-refractivity contribution in [2.45, 2.75) is 76.6 Å². The Labute approximate surface area is 246 Å². The van der Waals surface area contributed by atoms with Crippen LogP contribution in [0.15, 0.2) is 48.5 Å². The predicted octanol–water partition coefficient (Wildman–Crippen LogP) is 3.97. The third kappa shape index (κ3) is 7.11. The van der Waals surface area contributed by atoms with Crippen LogP contribution >= 0.6 is 11.8 Å². The minimum Gasteiger partial charge on any atom is -0.480 e. The number of nitrogens with zero attached hydrogens (tertiary/aromatic N) is 2. The van der Waals surface area contributed by atoms with E-state index < -0.39 is 51.9 Å². The van der Waals surface area contributed by atoms with E-state index >= 15 is 0 Å². The standard InChI is InChI=1S/C25H26N2O6S.C6H15N/c1-13-10-11-16(14(2)12-13)33-24(32)17(15-8-6-5-7-9-15)20(28)26-18-21(29)27-19(23(30)31)25(3,4)34-22(18)27;1-4-7(5-2)6-3/h5-12,17-19,22H,1-4H3,(H,26,28)(H,30,31);4-6H2,1-3H3/t17?,18?,19?,22-;/m0./s1. The maximum Gasteiger partial charge on any atom is 0.328 e. The molecule has 9 nitrogen and oxygen atoms in total. The second kappa shape index (κ2) is 13.5. The van der Waals surface area contributed by atoms with Gasteiger partial charge in [-0.25, -0.2) is 4.79 Å². The molecule has 2 amide bonds. The zero-order valence-electron chi connectivity index (χ0n) is 24.8. The van der Waals surface area contributed by atoms with E-state index in [0.29, 0.717) is 11.3 Å². The van der Waals surface area contributed by atoms with Crippen molar-refractivity contribution in [2.24, 2.45) is 0 Å². The van der Waals surface area contributed by atoms with Gasteiger partial charge in [0.25, 0.3) is 0 Å². The van der Waals surface area contributed by atoms with Gasteiger partial charge in [0.05, 0.1) is 0 Å². The van der Waals surface area contributed by atoms with Gasteiger partial charge in [0.1, 0.15) is 23.2 Å². The highest BCUT2D eigenvalue weighted by Crippen LogP contribution is 2.50. The molecule has 0 aliphatic carbocycles. The number of nitrogens with one attached hydrogen (secondary N) is 1. The highest BCUT2D eigenvalue weighted by atomic mass is 32.2. The first-order valence-corrected chi connectivity index (χ1v) is 14.8. The van der Waals surface area contributed by atoms with Gasteiger partial charge in [-0.05, 0) is 64.5 Å². The van der Waals surface area contributed by atoms with E-state index in [1.807, 2.05) is 26.0 Å². The summed E-state index contributed by atoms with van der Waals surface area (Å²) in [5.41, 5.74) is 2.20. The number of esters is 1. The van der Waals surface area contributed by atoms with Crippen LogP contribution in [0.1, 0.15) is 57.2 Å². The topological polar surface area (TPSA) is 116 Å². The van der Waals surface area contributed by atoms with Crippen LogP contribution < -0.4 is 10.1 Å². The predicted molar refractivity (Wildman–Crippen MR) is 160 cm³/mol. The van der Waals surface area contributed by atoms with Gasteiger partial charge in [0.15, 0.2) is 5.92 Å². The largest absolute Gasteiger partial charge is 0.480 e. The molecule has 2 aliphatic heterocycles. The van der Waals surface area contributed by atoms with Gasteiger partial charge < -0.3 is 25.0 Å². The van der Waals surface area contributed by atoms with Gasteiger partial charge in [-0.3, -0.25) is 14.4 Å². The van der Waals surface area contributed by atoms with Crippen LogP contribution in [-0.2, 0) is 19.2 Å². The van der Waals surface area contributed by atoms with Crippen molar-refractivity contribution in [2.75, 3.05) is 19.6 Å². The fourth-order valence-corrected chi connectivity index (χ4v) is 6.80. The minimum absolute atomic E-state index is 0.354. The molecule has 0 spiro atoms. The molecule has 2 aromatic carbocycles. The van der Waals surface area contributed by atoms with E-state index in [1.165, 1.54) is 36.3 Å². The van der Waals surface area contributed by atoms with Crippen LogP contribution in [0.2, 0.25) is 0 Å². The third-order valence-corrected chi connectivity index (χ3v) is 9.06. The summed E-state index contributed by atoms with van der Waals surface area (Å²) < 4.78 is 4.87. The van der Waals surface area contributed by atoms with E-state index in [-0.39, 0.29) is 0 Å². The van der Waals surface area contributed by atoms with Gasteiger partial charge in [-0.1, -0.05) is 68.8 Å². The van der Waals surface area contributed by atoms with Crippen LogP contribution in [0.5, 0.6) is 5.75 Å². The van der Waals surface area contributed by atoms with Crippen molar-refractivity contribution in [3.8, 4) is 5.75 Å². The number of amides is 2. The summed E-state index contributed by atoms with van der Waals surface area (Å²) in [6, 6.07) is 12.0. The summed E-state index contributed by atoms with van der Waals surface area (Å²) in [5.74, 6) is -3.93. The number of carbonyl (C=O) groups excluding carboxylic acids is 3. The van der Waals surface area contributed by atoms with E-state index in [0.717, 1.165) is 11.1 Å². The molecule has 41 heavy (non-hydrogen) atoms. The first-order valence-electron chi connectivity index (χ1n) is 14.0. The Hall–Kier alpha value is -3.37. The van der Waals surface area contributed by atoms with Gasteiger partial charge in [0.2, 0.25) is 11.8 Å². The number of aryl methyl sites for hydroxylation is 2.